The summed E-state index contributed by atoms with van der Waals surface area (Å²) in [6.07, 6.45) is 2.04. The molecule has 0 bridgehead atoms. The zero-order chi connectivity index (χ0) is 13.7. The fourth-order valence-electron chi connectivity index (χ4n) is 1.42. The molecule has 0 spiro atoms. The molecule has 0 saturated carbocycles. The highest BCUT2D eigenvalue weighted by Gasteiger charge is 2.05. The number of hydrogen-bond acceptors (Lipinski definition) is 7. The van der Waals surface area contributed by atoms with Gasteiger partial charge in [-0.2, -0.15) is 15.0 Å². The second-order valence-electron chi connectivity index (χ2n) is 3.57. The van der Waals surface area contributed by atoms with Crippen molar-refractivity contribution < 1.29 is 4.74 Å². The molecule has 0 aliphatic rings. The molecule has 1 aromatic heterocycles. The first-order chi connectivity index (χ1) is 9.25. The Morgan fingerprint density at radius 1 is 1.05 bits per heavy atom. The van der Waals surface area contributed by atoms with Gasteiger partial charge in [0.05, 0.1) is 7.11 Å². The van der Waals surface area contributed by atoms with Crippen molar-refractivity contribution in [2.24, 2.45) is 0 Å². The summed E-state index contributed by atoms with van der Waals surface area (Å²) in [6, 6.07) is 8.28. The zero-order valence-electron chi connectivity index (χ0n) is 11.0. The van der Waals surface area contributed by atoms with Crippen molar-refractivity contribution in [3.05, 3.63) is 24.3 Å². The molecule has 1 aromatic carbocycles. The summed E-state index contributed by atoms with van der Waals surface area (Å²) < 4.78 is 5.03. The number of hydrogen-bond donors (Lipinski definition) is 2. The minimum absolute atomic E-state index is 0.266. The van der Waals surface area contributed by atoms with E-state index in [1.807, 2.05) is 30.5 Å². The van der Waals surface area contributed by atoms with E-state index in [2.05, 4.69) is 25.6 Å². The normalized spacial score (nSPS) is 10.1. The Labute approximate surface area is 116 Å². The lowest BCUT2D eigenvalue weighted by atomic mass is 10.3. The van der Waals surface area contributed by atoms with Gasteiger partial charge >= 0.3 is 6.01 Å². The molecule has 19 heavy (non-hydrogen) atoms. The molecule has 0 saturated heterocycles. The summed E-state index contributed by atoms with van der Waals surface area (Å²) in [5.74, 6) is 0.892. The minimum Gasteiger partial charge on any atom is -0.467 e. The van der Waals surface area contributed by atoms with Gasteiger partial charge in [-0.3, -0.25) is 0 Å². The van der Waals surface area contributed by atoms with Crippen LogP contribution >= 0.6 is 11.8 Å². The van der Waals surface area contributed by atoms with Gasteiger partial charge in [-0.25, -0.2) is 0 Å². The SMILES string of the molecule is CNc1nc(Nc2ccc(SC)cc2)nc(OC)n1. The van der Waals surface area contributed by atoms with E-state index in [0.29, 0.717) is 11.9 Å². The van der Waals surface area contributed by atoms with Crippen molar-refractivity contribution in [3.8, 4) is 6.01 Å². The standard InChI is InChI=1S/C12H15N5OS/c1-13-10-15-11(17-12(16-10)18-2)14-8-4-6-9(19-3)7-5-8/h4-7H,1-3H3,(H2,13,14,15,16,17). The maximum atomic E-state index is 5.03. The van der Waals surface area contributed by atoms with Gasteiger partial charge in [0, 0.05) is 17.6 Å². The largest absolute Gasteiger partial charge is 0.467 e. The molecule has 0 atom stereocenters. The molecule has 1 heterocycles. The Balaban J connectivity index is 2.21. The molecular formula is C12H15N5OS. The van der Waals surface area contributed by atoms with Crippen molar-refractivity contribution in [2.45, 2.75) is 4.90 Å². The number of rotatable bonds is 5. The molecule has 7 heteroatoms. The summed E-state index contributed by atoms with van der Waals surface area (Å²) in [5.41, 5.74) is 0.910. The van der Waals surface area contributed by atoms with Gasteiger partial charge in [0.2, 0.25) is 11.9 Å². The number of ether oxygens (including phenoxy) is 1. The van der Waals surface area contributed by atoms with Crippen LogP contribution < -0.4 is 15.4 Å². The molecule has 6 nitrogen and oxygen atoms in total. The molecule has 0 amide bonds. The number of thioether (sulfide) groups is 1. The van der Waals surface area contributed by atoms with E-state index in [4.69, 9.17) is 4.74 Å². The summed E-state index contributed by atoms with van der Waals surface area (Å²) in [7, 11) is 3.26. The van der Waals surface area contributed by atoms with Gasteiger partial charge in [0.25, 0.3) is 0 Å². The summed E-state index contributed by atoms with van der Waals surface area (Å²) in [6.45, 7) is 0. The van der Waals surface area contributed by atoms with E-state index in [-0.39, 0.29) is 6.01 Å². The molecular weight excluding hydrogens is 262 g/mol. The van der Waals surface area contributed by atoms with Gasteiger partial charge < -0.3 is 15.4 Å². The number of aromatic nitrogens is 3. The average Bonchev–Trinajstić information content (AvgIpc) is 2.47. The Kier molecular flexibility index (Phi) is 4.40. The van der Waals surface area contributed by atoms with Crippen LogP contribution in [0.3, 0.4) is 0 Å². The summed E-state index contributed by atoms with van der Waals surface area (Å²) >= 11 is 1.70. The highest BCUT2D eigenvalue weighted by molar-refractivity contribution is 7.98. The van der Waals surface area contributed by atoms with E-state index in [0.717, 1.165) is 5.69 Å². The van der Waals surface area contributed by atoms with Crippen LogP contribution in [0.4, 0.5) is 17.6 Å². The predicted octanol–water partition coefficient (Wildman–Crippen LogP) is 2.39. The summed E-state index contributed by atoms with van der Waals surface area (Å²) in [5, 5.41) is 5.97. The maximum Gasteiger partial charge on any atom is 0.322 e. The van der Waals surface area contributed by atoms with Crippen LogP contribution in [-0.4, -0.2) is 35.4 Å². The lowest BCUT2D eigenvalue weighted by Gasteiger charge is -2.08. The van der Waals surface area contributed by atoms with E-state index < -0.39 is 0 Å². The topological polar surface area (TPSA) is 72.0 Å². The fraction of sp³-hybridized carbons (Fsp3) is 0.250. The Morgan fingerprint density at radius 2 is 1.74 bits per heavy atom. The molecule has 0 aliphatic carbocycles. The van der Waals surface area contributed by atoms with Crippen molar-refractivity contribution in [2.75, 3.05) is 31.0 Å². The second-order valence-corrected chi connectivity index (χ2v) is 4.45. The fourth-order valence-corrected chi connectivity index (χ4v) is 1.83. The van der Waals surface area contributed by atoms with Crippen LogP contribution in [0.25, 0.3) is 0 Å². The van der Waals surface area contributed by atoms with Gasteiger partial charge in [-0.1, -0.05) is 0 Å². The maximum absolute atomic E-state index is 5.03. The van der Waals surface area contributed by atoms with Crippen molar-refractivity contribution in [1.82, 2.24) is 15.0 Å². The van der Waals surface area contributed by atoms with Crippen molar-refractivity contribution in [3.63, 3.8) is 0 Å². The monoisotopic (exact) mass is 277 g/mol. The quantitative estimate of drug-likeness (QED) is 0.813. The smallest absolute Gasteiger partial charge is 0.322 e. The van der Waals surface area contributed by atoms with Gasteiger partial charge in [0.1, 0.15) is 0 Å². The molecule has 0 radical (unpaired) electrons. The van der Waals surface area contributed by atoms with E-state index in [1.54, 1.807) is 18.8 Å². The lowest BCUT2D eigenvalue weighted by molar-refractivity contribution is 0.379. The Bertz CT molecular complexity index is 524. The third kappa shape index (κ3) is 3.47. The number of benzene rings is 1. The number of nitrogens with zero attached hydrogens (tertiary/aromatic N) is 3. The van der Waals surface area contributed by atoms with Crippen LogP contribution in [-0.2, 0) is 0 Å². The first-order valence-corrected chi connectivity index (χ1v) is 6.86. The number of methoxy groups -OCH3 is 1. The molecule has 2 rings (SSSR count). The minimum atomic E-state index is 0.266. The van der Waals surface area contributed by atoms with E-state index >= 15 is 0 Å². The van der Waals surface area contributed by atoms with Crippen LogP contribution in [0.5, 0.6) is 6.01 Å². The van der Waals surface area contributed by atoms with Crippen LogP contribution in [0, 0.1) is 0 Å². The highest BCUT2D eigenvalue weighted by atomic mass is 32.2. The van der Waals surface area contributed by atoms with Crippen molar-refractivity contribution in [1.29, 1.82) is 0 Å². The first kappa shape index (κ1) is 13.4. The third-order valence-electron chi connectivity index (χ3n) is 2.37. The average molecular weight is 277 g/mol. The number of anilines is 3. The van der Waals surface area contributed by atoms with E-state index in [9.17, 15) is 0 Å². The van der Waals surface area contributed by atoms with Gasteiger partial charge in [0.15, 0.2) is 0 Å². The predicted molar refractivity (Wildman–Crippen MR) is 77.4 cm³/mol. The van der Waals surface area contributed by atoms with E-state index in [1.165, 1.54) is 12.0 Å². The van der Waals surface area contributed by atoms with Crippen LogP contribution in [0.1, 0.15) is 0 Å². The zero-order valence-corrected chi connectivity index (χ0v) is 11.8. The molecule has 2 aromatic rings. The van der Waals surface area contributed by atoms with Crippen LogP contribution in [0.2, 0.25) is 0 Å². The van der Waals surface area contributed by atoms with Gasteiger partial charge in [-0.15, -0.1) is 11.8 Å². The highest BCUT2D eigenvalue weighted by Crippen LogP contribution is 2.20. The van der Waals surface area contributed by atoms with Crippen LogP contribution in [0.15, 0.2) is 29.2 Å². The summed E-state index contributed by atoms with van der Waals surface area (Å²) in [4.78, 5) is 13.6. The number of nitrogens with one attached hydrogen (secondary N) is 2. The molecule has 0 aliphatic heterocycles. The molecule has 100 valence electrons. The molecule has 2 N–H and O–H groups in total. The molecule has 0 fully saturated rings. The Hall–Kier alpha value is -2.02. The lowest BCUT2D eigenvalue weighted by Crippen LogP contribution is -2.05. The molecule has 0 unspecified atom stereocenters. The van der Waals surface area contributed by atoms with Gasteiger partial charge in [-0.05, 0) is 30.5 Å². The third-order valence-corrected chi connectivity index (χ3v) is 3.11. The van der Waals surface area contributed by atoms with Crippen molar-refractivity contribution >= 4 is 29.3 Å². The first-order valence-electron chi connectivity index (χ1n) is 5.64. The second kappa shape index (κ2) is 6.24. The Morgan fingerprint density at radius 3 is 2.32 bits per heavy atom.